The van der Waals surface area contributed by atoms with Gasteiger partial charge in [-0.05, 0) is 43.3 Å². The molecule has 1 rings (SSSR count). The van der Waals surface area contributed by atoms with Crippen molar-refractivity contribution in [3.05, 3.63) is 35.1 Å². The Morgan fingerprint density at radius 3 is 2.67 bits per heavy atom. The van der Waals surface area contributed by atoms with E-state index < -0.39 is 0 Å². The van der Waals surface area contributed by atoms with E-state index in [1.807, 2.05) is 7.05 Å². The summed E-state index contributed by atoms with van der Waals surface area (Å²) in [5.41, 5.74) is 7.63. The molecular weight excluding hydrogens is 191 g/mol. The summed E-state index contributed by atoms with van der Waals surface area (Å²) in [5, 5.41) is 0. The van der Waals surface area contributed by atoms with Crippen LogP contribution in [0.15, 0.2) is 18.2 Å². The van der Waals surface area contributed by atoms with Gasteiger partial charge in [0.05, 0.1) is 0 Å². The number of halogens is 1. The average molecular weight is 210 g/mol. The lowest BCUT2D eigenvalue weighted by atomic mass is 10.1. The molecule has 0 atom stereocenters. The van der Waals surface area contributed by atoms with Gasteiger partial charge in [0.15, 0.2) is 0 Å². The second kappa shape index (κ2) is 5.83. The molecular formula is C12H19FN2. The Hall–Kier alpha value is -0.930. The van der Waals surface area contributed by atoms with Crippen LogP contribution in [0.25, 0.3) is 0 Å². The summed E-state index contributed by atoms with van der Waals surface area (Å²) < 4.78 is 13.1. The minimum Gasteiger partial charge on any atom is -0.326 e. The molecule has 1 aromatic rings. The Kier molecular flexibility index (Phi) is 4.72. The van der Waals surface area contributed by atoms with Gasteiger partial charge in [-0.25, -0.2) is 4.39 Å². The van der Waals surface area contributed by atoms with Crippen LogP contribution in [-0.4, -0.2) is 18.5 Å². The van der Waals surface area contributed by atoms with Crippen LogP contribution in [0.4, 0.5) is 4.39 Å². The molecule has 0 fully saturated rings. The number of nitrogens with zero attached hydrogens (tertiary/aromatic N) is 1. The molecule has 2 nitrogen and oxygen atoms in total. The van der Waals surface area contributed by atoms with Gasteiger partial charge in [-0.1, -0.05) is 13.0 Å². The van der Waals surface area contributed by atoms with E-state index in [0.29, 0.717) is 6.54 Å². The summed E-state index contributed by atoms with van der Waals surface area (Å²) in [5.74, 6) is -0.188. The van der Waals surface area contributed by atoms with Crippen molar-refractivity contribution in [1.29, 1.82) is 0 Å². The van der Waals surface area contributed by atoms with E-state index in [0.717, 1.165) is 30.6 Å². The SMILES string of the molecule is CCCN(C)Cc1cc(F)ccc1CN. The van der Waals surface area contributed by atoms with Gasteiger partial charge in [0, 0.05) is 13.1 Å². The third-order valence-corrected chi connectivity index (χ3v) is 2.43. The summed E-state index contributed by atoms with van der Waals surface area (Å²) in [6.45, 7) is 4.38. The zero-order valence-corrected chi connectivity index (χ0v) is 9.46. The fourth-order valence-corrected chi connectivity index (χ4v) is 1.69. The molecule has 0 radical (unpaired) electrons. The molecule has 0 aliphatic rings. The molecule has 0 aromatic heterocycles. The largest absolute Gasteiger partial charge is 0.326 e. The zero-order chi connectivity index (χ0) is 11.3. The first kappa shape index (κ1) is 12.1. The van der Waals surface area contributed by atoms with Crippen molar-refractivity contribution >= 4 is 0 Å². The topological polar surface area (TPSA) is 29.3 Å². The molecule has 1 aromatic carbocycles. The number of rotatable bonds is 5. The minimum absolute atomic E-state index is 0.188. The molecule has 0 aliphatic carbocycles. The summed E-state index contributed by atoms with van der Waals surface area (Å²) in [6, 6.07) is 4.81. The first-order chi connectivity index (χ1) is 7.17. The fourth-order valence-electron chi connectivity index (χ4n) is 1.69. The third-order valence-electron chi connectivity index (χ3n) is 2.43. The van der Waals surface area contributed by atoms with Crippen molar-refractivity contribution in [1.82, 2.24) is 4.90 Å². The van der Waals surface area contributed by atoms with Gasteiger partial charge in [0.2, 0.25) is 0 Å². The van der Waals surface area contributed by atoms with Crippen LogP contribution in [0.3, 0.4) is 0 Å². The van der Waals surface area contributed by atoms with Crippen LogP contribution in [0, 0.1) is 5.82 Å². The van der Waals surface area contributed by atoms with Gasteiger partial charge in [-0.2, -0.15) is 0 Å². The highest BCUT2D eigenvalue weighted by molar-refractivity contribution is 5.27. The van der Waals surface area contributed by atoms with Crippen LogP contribution in [-0.2, 0) is 13.1 Å². The fraction of sp³-hybridized carbons (Fsp3) is 0.500. The second-order valence-corrected chi connectivity index (χ2v) is 3.85. The predicted octanol–water partition coefficient (Wildman–Crippen LogP) is 2.13. The van der Waals surface area contributed by atoms with E-state index in [1.54, 1.807) is 12.1 Å². The van der Waals surface area contributed by atoms with E-state index in [1.165, 1.54) is 6.07 Å². The molecule has 0 spiro atoms. The van der Waals surface area contributed by atoms with E-state index >= 15 is 0 Å². The van der Waals surface area contributed by atoms with Crippen molar-refractivity contribution in [2.75, 3.05) is 13.6 Å². The Labute approximate surface area is 90.9 Å². The van der Waals surface area contributed by atoms with E-state index in [4.69, 9.17) is 5.73 Å². The van der Waals surface area contributed by atoms with Gasteiger partial charge in [0.25, 0.3) is 0 Å². The van der Waals surface area contributed by atoms with Gasteiger partial charge < -0.3 is 10.6 Å². The first-order valence-corrected chi connectivity index (χ1v) is 5.33. The molecule has 84 valence electrons. The minimum atomic E-state index is -0.188. The monoisotopic (exact) mass is 210 g/mol. The lowest BCUT2D eigenvalue weighted by molar-refractivity contribution is 0.326. The smallest absolute Gasteiger partial charge is 0.123 e. The Morgan fingerprint density at radius 1 is 1.33 bits per heavy atom. The predicted molar refractivity (Wildman–Crippen MR) is 60.9 cm³/mol. The maximum atomic E-state index is 13.1. The van der Waals surface area contributed by atoms with Gasteiger partial charge in [-0.15, -0.1) is 0 Å². The molecule has 0 unspecified atom stereocenters. The number of hydrogen-bond acceptors (Lipinski definition) is 2. The molecule has 0 saturated carbocycles. The van der Waals surface area contributed by atoms with E-state index in [-0.39, 0.29) is 5.82 Å². The van der Waals surface area contributed by atoms with Crippen molar-refractivity contribution in [3.8, 4) is 0 Å². The molecule has 0 bridgehead atoms. The normalized spacial score (nSPS) is 11.0. The Balaban J connectivity index is 2.77. The maximum Gasteiger partial charge on any atom is 0.123 e. The highest BCUT2D eigenvalue weighted by Crippen LogP contribution is 2.13. The Morgan fingerprint density at radius 2 is 2.07 bits per heavy atom. The van der Waals surface area contributed by atoms with Crippen molar-refractivity contribution in [3.63, 3.8) is 0 Å². The first-order valence-electron chi connectivity index (χ1n) is 5.33. The molecule has 0 aliphatic heterocycles. The van der Waals surface area contributed by atoms with Crippen molar-refractivity contribution in [2.24, 2.45) is 5.73 Å². The molecule has 0 amide bonds. The zero-order valence-electron chi connectivity index (χ0n) is 9.46. The van der Waals surface area contributed by atoms with Crippen LogP contribution in [0.1, 0.15) is 24.5 Å². The van der Waals surface area contributed by atoms with Crippen LogP contribution in [0.5, 0.6) is 0 Å². The Bertz CT molecular complexity index is 312. The molecule has 3 heteroatoms. The number of nitrogens with two attached hydrogens (primary N) is 1. The van der Waals surface area contributed by atoms with E-state index in [9.17, 15) is 4.39 Å². The summed E-state index contributed by atoms with van der Waals surface area (Å²) >= 11 is 0. The summed E-state index contributed by atoms with van der Waals surface area (Å²) in [6.07, 6.45) is 1.10. The average Bonchev–Trinajstić information content (AvgIpc) is 2.18. The van der Waals surface area contributed by atoms with Gasteiger partial charge in [-0.3, -0.25) is 0 Å². The van der Waals surface area contributed by atoms with E-state index in [2.05, 4.69) is 11.8 Å². The van der Waals surface area contributed by atoms with Crippen molar-refractivity contribution in [2.45, 2.75) is 26.4 Å². The van der Waals surface area contributed by atoms with Crippen LogP contribution >= 0.6 is 0 Å². The van der Waals surface area contributed by atoms with Gasteiger partial charge in [0.1, 0.15) is 5.82 Å². The maximum absolute atomic E-state index is 13.1. The lowest BCUT2D eigenvalue weighted by Gasteiger charge is -2.17. The third kappa shape index (κ3) is 3.61. The van der Waals surface area contributed by atoms with Crippen LogP contribution in [0.2, 0.25) is 0 Å². The second-order valence-electron chi connectivity index (χ2n) is 3.85. The molecule has 2 N–H and O–H groups in total. The summed E-state index contributed by atoms with van der Waals surface area (Å²) in [4.78, 5) is 2.17. The highest BCUT2D eigenvalue weighted by Gasteiger charge is 2.05. The summed E-state index contributed by atoms with van der Waals surface area (Å²) in [7, 11) is 2.04. The quantitative estimate of drug-likeness (QED) is 0.806. The van der Waals surface area contributed by atoms with Crippen molar-refractivity contribution < 1.29 is 4.39 Å². The molecule has 0 saturated heterocycles. The molecule has 15 heavy (non-hydrogen) atoms. The standard InChI is InChI=1S/C12H19FN2/c1-3-6-15(2)9-11-7-12(13)5-4-10(11)8-14/h4-5,7H,3,6,8-9,14H2,1-2H3. The lowest BCUT2D eigenvalue weighted by Crippen LogP contribution is -2.20. The number of benzene rings is 1. The number of hydrogen-bond donors (Lipinski definition) is 1. The molecule has 0 heterocycles. The highest BCUT2D eigenvalue weighted by atomic mass is 19.1. The van der Waals surface area contributed by atoms with Crippen LogP contribution < -0.4 is 5.73 Å². The van der Waals surface area contributed by atoms with Gasteiger partial charge >= 0.3 is 0 Å².